The van der Waals surface area contributed by atoms with Gasteiger partial charge in [0.1, 0.15) is 11.3 Å². The molecule has 33 heavy (non-hydrogen) atoms. The Hall–Kier alpha value is -2.74. The lowest BCUT2D eigenvalue weighted by Gasteiger charge is -2.34. The third kappa shape index (κ3) is 4.95. The second-order valence-corrected chi connectivity index (χ2v) is 9.17. The van der Waals surface area contributed by atoms with Gasteiger partial charge in [0.05, 0.1) is 17.4 Å². The molecule has 3 aromatic rings. The fourth-order valence-electron chi connectivity index (χ4n) is 4.31. The van der Waals surface area contributed by atoms with Crippen LogP contribution < -0.4 is 0 Å². The molecule has 1 aliphatic heterocycles. The normalized spacial score (nSPS) is 15.7. The number of hydrogen-bond acceptors (Lipinski definition) is 3. The summed E-state index contributed by atoms with van der Waals surface area (Å²) in [7, 11) is 0. The second-order valence-electron chi connectivity index (χ2n) is 9.17. The lowest BCUT2D eigenvalue weighted by Crippen LogP contribution is -2.36. The first-order valence-corrected chi connectivity index (χ1v) is 11.4. The highest BCUT2D eigenvalue weighted by Crippen LogP contribution is 2.37. The number of piperidine rings is 1. The van der Waals surface area contributed by atoms with Crippen LogP contribution in [0.15, 0.2) is 37.3 Å². The Balaban J connectivity index is 1.59. The van der Waals surface area contributed by atoms with Crippen LogP contribution in [0.5, 0.6) is 0 Å². The molecule has 0 aliphatic carbocycles. The van der Waals surface area contributed by atoms with Crippen LogP contribution in [0.1, 0.15) is 50.1 Å². The molecule has 0 saturated carbocycles. The monoisotopic (exact) mass is 460 g/mol. The summed E-state index contributed by atoms with van der Waals surface area (Å²) in [5, 5.41) is 0. The molecule has 0 spiro atoms. The number of likely N-dealkylation sites (tertiary alicyclic amines) is 1. The molecule has 0 unspecified atom stereocenters. The predicted molar refractivity (Wildman–Crippen MR) is 124 cm³/mol. The smallest absolute Gasteiger partial charge is 0.378 e. The van der Waals surface area contributed by atoms with Gasteiger partial charge >= 0.3 is 6.18 Å². The first-order valence-electron chi connectivity index (χ1n) is 11.4. The number of imidazole rings is 1. The number of nitrogens with zero attached hydrogens (tertiary/aromatic N) is 3. The van der Waals surface area contributed by atoms with Crippen LogP contribution in [-0.2, 0) is 10.9 Å². The van der Waals surface area contributed by atoms with E-state index in [0.29, 0.717) is 34.1 Å². The van der Waals surface area contributed by atoms with E-state index in [1.54, 1.807) is 31.6 Å². The number of fused-ring (bicyclic) bond motifs is 1. The molecule has 0 aromatic carbocycles. The molecule has 4 heterocycles. The maximum atomic E-state index is 13.9. The number of alkyl halides is 3. The molecule has 1 N–H and O–H groups in total. The SMILES string of the molecule is C=C(c1nc2c(C(F)(F)F)cc(-c3cc[nH]c3)cn2c1C)N1CCC(OCCC(C)C)CC1. The minimum absolute atomic E-state index is 0.0951. The zero-order chi connectivity index (χ0) is 23.8. The van der Waals surface area contributed by atoms with E-state index in [-0.39, 0.29) is 11.8 Å². The van der Waals surface area contributed by atoms with Gasteiger partial charge in [0.25, 0.3) is 0 Å². The zero-order valence-electron chi connectivity index (χ0n) is 19.4. The summed E-state index contributed by atoms with van der Waals surface area (Å²) in [5.41, 5.74) is 2.14. The van der Waals surface area contributed by atoms with Gasteiger partial charge in [-0.3, -0.25) is 0 Å². The van der Waals surface area contributed by atoms with Crippen LogP contribution in [0.25, 0.3) is 22.5 Å². The first-order chi connectivity index (χ1) is 15.6. The summed E-state index contributed by atoms with van der Waals surface area (Å²) in [6, 6.07) is 2.91. The van der Waals surface area contributed by atoms with Gasteiger partial charge in [-0.2, -0.15) is 13.2 Å². The number of H-pyrrole nitrogens is 1. The molecule has 0 radical (unpaired) electrons. The molecule has 1 aliphatic rings. The fourth-order valence-corrected chi connectivity index (χ4v) is 4.31. The van der Waals surface area contributed by atoms with E-state index in [0.717, 1.165) is 45.0 Å². The largest absolute Gasteiger partial charge is 0.420 e. The molecule has 5 nitrogen and oxygen atoms in total. The van der Waals surface area contributed by atoms with Crippen LogP contribution >= 0.6 is 0 Å². The third-order valence-electron chi connectivity index (χ3n) is 6.34. The van der Waals surface area contributed by atoms with E-state index in [2.05, 4.69) is 35.3 Å². The minimum Gasteiger partial charge on any atom is -0.378 e. The number of nitrogens with one attached hydrogen (secondary N) is 1. The number of hydrogen-bond donors (Lipinski definition) is 1. The van der Waals surface area contributed by atoms with E-state index in [1.807, 2.05) is 0 Å². The van der Waals surface area contributed by atoms with E-state index < -0.39 is 11.7 Å². The van der Waals surface area contributed by atoms with Crippen molar-refractivity contribution in [2.45, 2.75) is 52.3 Å². The number of rotatable bonds is 7. The average molecular weight is 461 g/mol. The second kappa shape index (κ2) is 9.25. The van der Waals surface area contributed by atoms with Crippen LogP contribution in [-0.4, -0.2) is 45.1 Å². The molecule has 0 amide bonds. The highest BCUT2D eigenvalue weighted by molar-refractivity contribution is 5.71. The molecule has 4 rings (SSSR count). The molecule has 178 valence electrons. The Labute approximate surface area is 192 Å². The molecular formula is C25H31F3N4O. The highest BCUT2D eigenvalue weighted by atomic mass is 19.4. The Kier molecular flexibility index (Phi) is 6.56. The predicted octanol–water partition coefficient (Wildman–Crippen LogP) is 6.15. The third-order valence-corrected chi connectivity index (χ3v) is 6.34. The van der Waals surface area contributed by atoms with Crippen molar-refractivity contribution in [3.05, 3.63) is 54.3 Å². The van der Waals surface area contributed by atoms with Crippen molar-refractivity contribution >= 4 is 11.3 Å². The molecule has 0 atom stereocenters. The lowest BCUT2D eigenvalue weighted by molar-refractivity contribution is -0.136. The van der Waals surface area contributed by atoms with Crippen molar-refractivity contribution in [2.24, 2.45) is 5.92 Å². The molecular weight excluding hydrogens is 429 g/mol. The summed E-state index contributed by atoms with van der Waals surface area (Å²) >= 11 is 0. The minimum atomic E-state index is -4.52. The zero-order valence-corrected chi connectivity index (χ0v) is 19.4. The van der Waals surface area contributed by atoms with Crippen molar-refractivity contribution in [3.63, 3.8) is 0 Å². The summed E-state index contributed by atoms with van der Waals surface area (Å²) in [6.45, 7) is 12.6. The summed E-state index contributed by atoms with van der Waals surface area (Å²) < 4.78 is 49.3. The maximum Gasteiger partial charge on any atom is 0.420 e. The van der Waals surface area contributed by atoms with E-state index in [9.17, 15) is 13.2 Å². The number of ether oxygens (including phenoxy) is 1. The van der Waals surface area contributed by atoms with Gasteiger partial charge in [0.15, 0.2) is 0 Å². The van der Waals surface area contributed by atoms with Crippen LogP contribution in [0.3, 0.4) is 0 Å². The van der Waals surface area contributed by atoms with Crippen molar-refractivity contribution < 1.29 is 17.9 Å². The van der Waals surface area contributed by atoms with E-state index >= 15 is 0 Å². The highest BCUT2D eigenvalue weighted by Gasteiger charge is 2.36. The molecule has 8 heteroatoms. The Morgan fingerprint density at radius 1 is 1.27 bits per heavy atom. The van der Waals surface area contributed by atoms with Crippen molar-refractivity contribution in [1.29, 1.82) is 0 Å². The van der Waals surface area contributed by atoms with Gasteiger partial charge in [0, 0.05) is 55.1 Å². The molecule has 0 bridgehead atoms. The van der Waals surface area contributed by atoms with Gasteiger partial charge in [0.2, 0.25) is 0 Å². The van der Waals surface area contributed by atoms with Gasteiger partial charge in [-0.05, 0) is 44.2 Å². The number of aryl methyl sites for hydroxylation is 1. The molecule has 1 fully saturated rings. The Bertz CT molecular complexity index is 1110. The Morgan fingerprint density at radius 3 is 2.61 bits per heavy atom. The van der Waals surface area contributed by atoms with Crippen molar-refractivity contribution in [1.82, 2.24) is 19.3 Å². The number of halogens is 3. The summed E-state index contributed by atoms with van der Waals surface area (Å²) in [6.07, 6.45) is 3.56. The summed E-state index contributed by atoms with van der Waals surface area (Å²) in [4.78, 5) is 9.44. The molecule has 1 saturated heterocycles. The van der Waals surface area contributed by atoms with E-state index in [1.165, 1.54) is 4.40 Å². The van der Waals surface area contributed by atoms with E-state index in [4.69, 9.17) is 4.74 Å². The van der Waals surface area contributed by atoms with Gasteiger partial charge in [-0.25, -0.2) is 4.98 Å². The first kappa shape index (κ1) is 23.4. The number of pyridine rings is 1. The average Bonchev–Trinajstić information content (AvgIpc) is 3.41. The van der Waals surface area contributed by atoms with Crippen molar-refractivity contribution in [3.8, 4) is 11.1 Å². The van der Waals surface area contributed by atoms with Crippen LogP contribution in [0.4, 0.5) is 13.2 Å². The fraction of sp³-hybridized carbons (Fsp3) is 0.480. The Morgan fingerprint density at radius 2 is 2.00 bits per heavy atom. The quantitative estimate of drug-likeness (QED) is 0.460. The van der Waals surface area contributed by atoms with Crippen LogP contribution in [0, 0.1) is 12.8 Å². The van der Waals surface area contributed by atoms with Gasteiger partial charge in [-0.15, -0.1) is 0 Å². The topological polar surface area (TPSA) is 45.6 Å². The molecule has 3 aromatic heterocycles. The lowest BCUT2D eigenvalue weighted by atomic mass is 10.1. The summed E-state index contributed by atoms with van der Waals surface area (Å²) in [5.74, 6) is 0.613. The number of aromatic nitrogens is 3. The van der Waals surface area contributed by atoms with Gasteiger partial charge in [-0.1, -0.05) is 20.4 Å². The van der Waals surface area contributed by atoms with Crippen molar-refractivity contribution in [2.75, 3.05) is 19.7 Å². The maximum absolute atomic E-state index is 13.9. The van der Waals surface area contributed by atoms with Crippen LogP contribution in [0.2, 0.25) is 0 Å². The number of aromatic amines is 1. The standard InChI is InChI=1S/C25H31F3N4O/c1-16(2)8-12-33-21-6-10-31(11-7-21)17(3)23-18(4)32-15-20(19-5-9-29-14-19)13-22(24(32)30-23)25(26,27)28/h5,9,13-16,21,29H,3,6-8,10-12H2,1-2,4H3. The van der Waals surface area contributed by atoms with Gasteiger partial charge < -0.3 is 19.0 Å².